The molecule has 1 unspecified atom stereocenters. The molecule has 18 heteroatoms. The Morgan fingerprint density at radius 2 is 1.76 bits per heavy atom. The van der Waals surface area contributed by atoms with Crippen LogP contribution in [0.15, 0.2) is 73.1 Å². The minimum atomic E-state index is -4.36. The molecule has 3 aromatic carbocycles. The van der Waals surface area contributed by atoms with Gasteiger partial charge >= 0.3 is 10.2 Å². The van der Waals surface area contributed by atoms with Crippen molar-refractivity contribution in [2.24, 2.45) is 5.92 Å². The van der Waals surface area contributed by atoms with Gasteiger partial charge in [-0.2, -0.15) is 12.7 Å². The maximum atomic E-state index is 15.7. The minimum absolute atomic E-state index is 0.00576. The molecule has 0 radical (unpaired) electrons. The molecule has 2 atom stereocenters. The summed E-state index contributed by atoms with van der Waals surface area (Å²) in [6.45, 7) is 1.78. The summed E-state index contributed by atoms with van der Waals surface area (Å²) in [5.41, 5.74) is 2.34. The average Bonchev–Trinajstić information content (AvgIpc) is 3.92. The van der Waals surface area contributed by atoms with Gasteiger partial charge in [-0.15, -0.1) is 0 Å². The Morgan fingerprint density at radius 3 is 2.51 bits per heavy atom. The van der Waals surface area contributed by atoms with Gasteiger partial charge in [0.25, 0.3) is 5.91 Å². The second-order valence-corrected chi connectivity index (χ2v) is 16.8. The number of halogens is 3. The number of imide groups is 1. The van der Waals surface area contributed by atoms with Crippen LogP contribution in [0.2, 0.25) is 0 Å². The molecular weight excluding hydrogens is 792 g/mol. The van der Waals surface area contributed by atoms with Gasteiger partial charge in [0.15, 0.2) is 5.82 Å². The Labute approximate surface area is 335 Å². The average molecular weight is 828 g/mol. The second-order valence-electron chi connectivity index (χ2n) is 15.1. The fourth-order valence-corrected chi connectivity index (χ4v) is 9.30. The van der Waals surface area contributed by atoms with E-state index in [-0.39, 0.29) is 42.7 Å². The maximum Gasteiger partial charge on any atom is 0.301 e. The number of amides is 3. The monoisotopic (exact) mass is 827 g/mol. The number of aromatic nitrogens is 2. The van der Waals surface area contributed by atoms with Crippen molar-refractivity contribution in [1.82, 2.24) is 24.5 Å². The van der Waals surface area contributed by atoms with Crippen molar-refractivity contribution in [3.8, 4) is 16.9 Å². The highest BCUT2D eigenvalue weighted by molar-refractivity contribution is 7.90. The summed E-state index contributed by atoms with van der Waals surface area (Å²) in [6.07, 6.45) is 2.02. The predicted molar refractivity (Wildman–Crippen MR) is 209 cm³/mol. The fraction of sp³-hybridized carbons (Fsp3) is 0.293. The SMILES string of the molecule is O=C1CCC(N2Cc3cc(N4CC(COc5ccc(-c6cnc7[nH]cc(C(=O)c8c(F)ccc(NS(=O)(=O)N9CC[C@@H](F)C9)c8F)c7c6)cc5)C4)ccc3C2=O)C(=O)N1. The number of anilines is 2. The van der Waals surface area contributed by atoms with E-state index in [0.717, 1.165) is 46.3 Å². The zero-order valence-electron chi connectivity index (χ0n) is 31.2. The molecule has 59 heavy (non-hydrogen) atoms. The molecule has 3 saturated heterocycles. The lowest BCUT2D eigenvalue weighted by Gasteiger charge is -2.41. The van der Waals surface area contributed by atoms with Gasteiger partial charge in [0.2, 0.25) is 17.6 Å². The zero-order chi connectivity index (χ0) is 41.2. The van der Waals surface area contributed by atoms with Crippen molar-refractivity contribution in [3.63, 3.8) is 0 Å². The van der Waals surface area contributed by atoms with Crippen LogP contribution in [0.25, 0.3) is 22.2 Å². The summed E-state index contributed by atoms with van der Waals surface area (Å²) < 4.78 is 78.8. The number of H-pyrrole nitrogens is 1. The Kier molecular flexibility index (Phi) is 9.62. The topological polar surface area (TPSA) is 174 Å². The Hall–Kier alpha value is -6.27. The highest BCUT2D eigenvalue weighted by Crippen LogP contribution is 2.34. The minimum Gasteiger partial charge on any atom is -0.493 e. The van der Waals surface area contributed by atoms with Gasteiger partial charge in [-0.25, -0.2) is 18.2 Å². The highest BCUT2D eigenvalue weighted by Gasteiger charge is 2.40. The van der Waals surface area contributed by atoms with Crippen LogP contribution in [0.1, 0.15) is 51.1 Å². The summed E-state index contributed by atoms with van der Waals surface area (Å²) in [7, 11) is -4.36. The van der Waals surface area contributed by atoms with Crippen molar-refractivity contribution in [3.05, 3.63) is 107 Å². The van der Waals surface area contributed by atoms with E-state index in [1.165, 1.54) is 11.1 Å². The molecular formula is C41H36F3N7O7S. The molecule has 0 saturated carbocycles. The number of nitrogens with one attached hydrogen (secondary N) is 3. The molecule has 5 aromatic rings. The third kappa shape index (κ3) is 7.15. The normalized spacial score (nSPS) is 19.9. The lowest BCUT2D eigenvalue weighted by molar-refractivity contribution is -0.136. The molecule has 0 aliphatic carbocycles. The number of benzene rings is 3. The van der Waals surface area contributed by atoms with E-state index < -0.39 is 63.5 Å². The van der Waals surface area contributed by atoms with Gasteiger partial charge in [-0.3, -0.25) is 29.2 Å². The van der Waals surface area contributed by atoms with Gasteiger partial charge in [0.05, 0.1) is 17.9 Å². The number of hydrogen-bond acceptors (Lipinski definition) is 9. The number of hydrogen-bond donors (Lipinski definition) is 3. The van der Waals surface area contributed by atoms with Crippen LogP contribution in [0.3, 0.4) is 0 Å². The third-order valence-electron chi connectivity index (χ3n) is 11.3. The number of carbonyl (C=O) groups excluding carboxylic acids is 4. The summed E-state index contributed by atoms with van der Waals surface area (Å²) >= 11 is 0. The third-order valence-corrected chi connectivity index (χ3v) is 12.8. The molecule has 9 rings (SSSR count). The summed E-state index contributed by atoms with van der Waals surface area (Å²) in [5.74, 6) is -3.71. The zero-order valence-corrected chi connectivity index (χ0v) is 32.0. The van der Waals surface area contributed by atoms with E-state index in [1.54, 1.807) is 30.5 Å². The van der Waals surface area contributed by atoms with Crippen molar-refractivity contribution in [2.45, 2.75) is 38.0 Å². The Balaban J connectivity index is 0.825. The number of alkyl halides is 1. The van der Waals surface area contributed by atoms with Crippen LogP contribution in [-0.2, 0) is 26.3 Å². The maximum absolute atomic E-state index is 15.7. The van der Waals surface area contributed by atoms with Crippen molar-refractivity contribution in [2.75, 3.05) is 42.4 Å². The number of carbonyl (C=O) groups is 4. The molecule has 3 amide bonds. The van der Waals surface area contributed by atoms with Crippen LogP contribution in [-0.4, -0.2) is 96.1 Å². The van der Waals surface area contributed by atoms with Crippen LogP contribution in [0.4, 0.5) is 24.5 Å². The van der Waals surface area contributed by atoms with Gasteiger partial charge in [-0.1, -0.05) is 12.1 Å². The number of rotatable bonds is 11. The molecule has 304 valence electrons. The molecule has 6 heterocycles. The number of aromatic amines is 1. The Morgan fingerprint density at radius 1 is 0.966 bits per heavy atom. The predicted octanol–water partition coefficient (Wildman–Crippen LogP) is 4.72. The first-order valence-corrected chi connectivity index (χ1v) is 20.4. The number of piperidine rings is 1. The summed E-state index contributed by atoms with van der Waals surface area (Å²) in [4.78, 5) is 61.7. The van der Waals surface area contributed by atoms with Gasteiger partial charge in [0.1, 0.15) is 29.4 Å². The lowest BCUT2D eigenvalue weighted by Crippen LogP contribution is -2.52. The van der Waals surface area contributed by atoms with Gasteiger partial charge in [-0.05, 0) is 72.5 Å². The summed E-state index contributed by atoms with van der Waals surface area (Å²) in [5, 5.41) is 2.62. The number of ether oxygens (including phenoxy) is 1. The van der Waals surface area contributed by atoms with Crippen LogP contribution in [0, 0.1) is 17.6 Å². The van der Waals surface area contributed by atoms with E-state index in [4.69, 9.17) is 4.74 Å². The smallest absolute Gasteiger partial charge is 0.301 e. The molecule has 3 fully saturated rings. The van der Waals surface area contributed by atoms with Crippen LogP contribution in [0.5, 0.6) is 5.75 Å². The molecule has 14 nitrogen and oxygen atoms in total. The molecule has 2 aromatic heterocycles. The first kappa shape index (κ1) is 38.3. The molecule has 0 bridgehead atoms. The molecule has 3 N–H and O–H groups in total. The van der Waals surface area contributed by atoms with Crippen molar-refractivity contribution >= 4 is 56.1 Å². The summed E-state index contributed by atoms with van der Waals surface area (Å²) in [6, 6.07) is 15.6. The molecule has 4 aliphatic heterocycles. The van der Waals surface area contributed by atoms with E-state index >= 15 is 8.78 Å². The number of ketones is 1. The first-order valence-electron chi connectivity index (χ1n) is 19.0. The largest absolute Gasteiger partial charge is 0.493 e. The van der Waals surface area contributed by atoms with E-state index in [9.17, 15) is 32.0 Å². The van der Waals surface area contributed by atoms with E-state index in [0.29, 0.717) is 47.5 Å². The van der Waals surface area contributed by atoms with E-state index in [1.807, 2.05) is 29.0 Å². The van der Waals surface area contributed by atoms with Crippen LogP contribution < -0.4 is 19.7 Å². The molecule has 0 spiro atoms. The quantitative estimate of drug-likeness (QED) is 0.126. The Bertz CT molecular complexity index is 2670. The standard InChI is InChI=1S/C41H36F3N7O7S/c42-26-11-12-50(20-26)59(56,57)48-33-8-7-32(43)36(37(33)44)38(53)31-16-46-39-30(31)14-24(15-45-39)23-1-4-28(5-2-23)58-21-22-17-49(18-22)27-3-6-29-25(13-27)19-51(41(29)55)34-9-10-35(52)47-40(34)54/h1-8,13-16,22,26,34,48H,9-12,17-21H2,(H,45,46)(H,47,52,54)/t26-,34?/m1/s1. The van der Waals surface area contributed by atoms with Crippen LogP contribution >= 0.6 is 0 Å². The fourth-order valence-electron chi connectivity index (χ4n) is 8.03. The highest BCUT2D eigenvalue weighted by atomic mass is 32.2. The van der Waals surface area contributed by atoms with Gasteiger partial charge < -0.3 is 19.5 Å². The number of fused-ring (bicyclic) bond motifs is 2. The number of nitrogens with zero attached hydrogens (tertiary/aromatic N) is 4. The lowest BCUT2D eigenvalue weighted by atomic mass is 9.99. The number of pyridine rings is 1. The first-order chi connectivity index (χ1) is 28.3. The van der Waals surface area contributed by atoms with Crippen molar-refractivity contribution in [1.29, 1.82) is 0 Å². The second kappa shape index (κ2) is 14.8. The van der Waals surface area contributed by atoms with Gasteiger partial charge in [0, 0.05) is 85.2 Å². The van der Waals surface area contributed by atoms with Crippen molar-refractivity contribution < 1.29 is 45.5 Å². The van der Waals surface area contributed by atoms with E-state index in [2.05, 4.69) is 20.2 Å². The molecule has 4 aliphatic rings.